The second-order valence-corrected chi connectivity index (χ2v) is 5.55. The smallest absolute Gasteiger partial charge is 0.240 e. The van der Waals surface area contributed by atoms with E-state index in [0.29, 0.717) is 38.4 Å². The maximum absolute atomic E-state index is 12.6. The van der Waals surface area contributed by atoms with Gasteiger partial charge in [0, 0.05) is 26.1 Å². The molecular weight excluding hydrogens is 254 g/mol. The van der Waals surface area contributed by atoms with Crippen LogP contribution >= 0.6 is 0 Å². The molecule has 0 saturated heterocycles. The Bertz CT molecular complexity index is 502. The second-order valence-electron chi connectivity index (χ2n) is 5.55. The van der Waals surface area contributed by atoms with E-state index in [1.165, 1.54) is 0 Å². The number of nitriles is 1. The van der Waals surface area contributed by atoms with Gasteiger partial charge in [-0.1, -0.05) is 13.8 Å². The van der Waals surface area contributed by atoms with Crippen molar-refractivity contribution in [2.75, 3.05) is 13.1 Å². The first-order valence-corrected chi connectivity index (χ1v) is 7.02. The minimum atomic E-state index is -0.233. The molecular formula is C14H21N5O. The molecule has 20 heavy (non-hydrogen) atoms. The van der Waals surface area contributed by atoms with Crippen LogP contribution < -0.4 is 5.32 Å². The lowest BCUT2D eigenvalue weighted by atomic mass is 10.0. The molecule has 2 N–H and O–H groups in total. The number of nitrogens with one attached hydrogen (secondary N) is 2. The molecule has 0 radical (unpaired) electrons. The van der Waals surface area contributed by atoms with Gasteiger partial charge in [-0.15, -0.1) is 0 Å². The summed E-state index contributed by atoms with van der Waals surface area (Å²) in [6.45, 7) is 5.98. The van der Waals surface area contributed by atoms with Crippen molar-refractivity contribution < 1.29 is 4.79 Å². The average Bonchev–Trinajstić information content (AvgIpc) is 2.89. The van der Waals surface area contributed by atoms with Gasteiger partial charge in [0.15, 0.2) is 0 Å². The predicted octanol–water partition coefficient (Wildman–Crippen LogP) is 0.822. The lowest BCUT2D eigenvalue weighted by Gasteiger charge is -2.30. The van der Waals surface area contributed by atoms with Crippen molar-refractivity contribution >= 4 is 5.91 Å². The number of fused-ring (bicyclic) bond motifs is 1. The minimum absolute atomic E-state index is 0.0719. The van der Waals surface area contributed by atoms with E-state index in [-0.39, 0.29) is 11.9 Å². The molecule has 0 aliphatic carbocycles. The monoisotopic (exact) mass is 275 g/mol. The molecule has 1 aromatic heterocycles. The number of aromatic nitrogens is 2. The molecule has 0 saturated carbocycles. The minimum Gasteiger partial charge on any atom is -0.347 e. The van der Waals surface area contributed by atoms with E-state index in [1.54, 1.807) is 11.2 Å². The standard InChI is InChI=1S/C14H21N5O/c1-10(2)8-19(5-3-4-15)14(20)12-6-11-13(7-16-12)18-9-17-11/h9-10,12,16H,3,5-8H2,1-2H3,(H,17,18). The zero-order valence-electron chi connectivity index (χ0n) is 12.0. The maximum atomic E-state index is 12.6. The van der Waals surface area contributed by atoms with Gasteiger partial charge in [0.2, 0.25) is 5.91 Å². The van der Waals surface area contributed by atoms with Crippen molar-refractivity contribution in [2.24, 2.45) is 5.92 Å². The second kappa shape index (κ2) is 6.53. The first-order valence-electron chi connectivity index (χ1n) is 7.02. The van der Waals surface area contributed by atoms with Gasteiger partial charge >= 0.3 is 0 Å². The van der Waals surface area contributed by atoms with E-state index < -0.39 is 0 Å². The topological polar surface area (TPSA) is 84.8 Å². The third-order valence-electron chi connectivity index (χ3n) is 3.42. The van der Waals surface area contributed by atoms with Crippen LogP contribution in [0.25, 0.3) is 0 Å². The highest BCUT2D eigenvalue weighted by Crippen LogP contribution is 2.14. The van der Waals surface area contributed by atoms with Gasteiger partial charge in [0.25, 0.3) is 0 Å². The van der Waals surface area contributed by atoms with Gasteiger partial charge in [-0.05, 0) is 5.92 Å². The molecule has 0 bridgehead atoms. The van der Waals surface area contributed by atoms with Crippen LogP contribution in [0.4, 0.5) is 0 Å². The van der Waals surface area contributed by atoms with Gasteiger partial charge in [0.05, 0.1) is 36.2 Å². The number of H-pyrrole nitrogens is 1. The van der Waals surface area contributed by atoms with Gasteiger partial charge in [0.1, 0.15) is 0 Å². The number of aromatic amines is 1. The Morgan fingerprint density at radius 3 is 3.15 bits per heavy atom. The summed E-state index contributed by atoms with van der Waals surface area (Å²) < 4.78 is 0. The summed E-state index contributed by atoms with van der Waals surface area (Å²) in [4.78, 5) is 21.7. The molecule has 108 valence electrons. The molecule has 1 aromatic rings. The Balaban J connectivity index is 2.02. The van der Waals surface area contributed by atoms with Gasteiger partial charge in [-0.25, -0.2) is 4.98 Å². The first-order chi connectivity index (χ1) is 9.61. The molecule has 1 unspecified atom stereocenters. The Kier molecular flexibility index (Phi) is 4.74. The van der Waals surface area contributed by atoms with Crippen molar-refractivity contribution in [3.8, 4) is 6.07 Å². The number of hydrogen-bond donors (Lipinski definition) is 2. The third kappa shape index (κ3) is 3.36. The van der Waals surface area contributed by atoms with E-state index in [1.807, 2.05) is 0 Å². The lowest BCUT2D eigenvalue weighted by molar-refractivity contribution is -0.134. The Morgan fingerprint density at radius 1 is 1.65 bits per heavy atom. The van der Waals surface area contributed by atoms with E-state index in [4.69, 9.17) is 5.26 Å². The molecule has 6 heteroatoms. The van der Waals surface area contributed by atoms with Crippen LogP contribution in [0.15, 0.2) is 6.33 Å². The van der Waals surface area contributed by atoms with Gasteiger partial charge in [-0.2, -0.15) is 5.26 Å². The van der Waals surface area contributed by atoms with E-state index in [0.717, 1.165) is 11.4 Å². The highest BCUT2D eigenvalue weighted by molar-refractivity contribution is 5.82. The Labute approximate surface area is 119 Å². The summed E-state index contributed by atoms with van der Waals surface area (Å²) in [6, 6.07) is 1.88. The number of hydrogen-bond acceptors (Lipinski definition) is 4. The van der Waals surface area contributed by atoms with Crippen molar-refractivity contribution in [3.05, 3.63) is 17.7 Å². The normalized spacial score (nSPS) is 17.6. The maximum Gasteiger partial charge on any atom is 0.240 e. The fourth-order valence-electron chi connectivity index (χ4n) is 2.48. The van der Waals surface area contributed by atoms with Gasteiger partial charge in [-0.3, -0.25) is 10.1 Å². The van der Waals surface area contributed by atoms with Crippen LogP contribution in [0.5, 0.6) is 0 Å². The van der Waals surface area contributed by atoms with Crippen molar-refractivity contribution in [3.63, 3.8) is 0 Å². The summed E-state index contributed by atoms with van der Waals surface area (Å²) in [6.07, 6.45) is 2.65. The van der Waals surface area contributed by atoms with Crippen LogP contribution in [-0.4, -0.2) is 39.9 Å². The van der Waals surface area contributed by atoms with Crippen LogP contribution in [0, 0.1) is 17.2 Å². The lowest BCUT2D eigenvalue weighted by Crippen LogP contribution is -2.50. The van der Waals surface area contributed by atoms with Crippen molar-refractivity contribution in [2.45, 2.75) is 39.3 Å². The summed E-state index contributed by atoms with van der Waals surface area (Å²) in [5, 5.41) is 12.0. The number of rotatable bonds is 5. The molecule has 1 aliphatic rings. The number of amides is 1. The summed E-state index contributed by atoms with van der Waals surface area (Å²) >= 11 is 0. The number of nitrogens with zero attached hydrogens (tertiary/aromatic N) is 3. The molecule has 0 spiro atoms. The van der Waals surface area contributed by atoms with Crippen LogP contribution in [0.3, 0.4) is 0 Å². The number of carbonyl (C=O) groups excluding carboxylic acids is 1. The molecule has 1 atom stereocenters. The third-order valence-corrected chi connectivity index (χ3v) is 3.42. The Hall–Kier alpha value is -1.87. The molecule has 1 aliphatic heterocycles. The molecule has 1 amide bonds. The van der Waals surface area contributed by atoms with Crippen LogP contribution in [0.2, 0.25) is 0 Å². The molecule has 2 rings (SSSR count). The summed E-state index contributed by atoms with van der Waals surface area (Å²) in [7, 11) is 0. The Morgan fingerprint density at radius 2 is 2.45 bits per heavy atom. The summed E-state index contributed by atoms with van der Waals surface area (Å²) in [5.41, 5.74) is 2.02. The largest absolute Gasteiger partial charge is 0.347 e. The van der Waals surface area contributed by atoms with E-state index in [9.17, 15) is 4.79 Å². The van der Waals surface area contributed by atoms with Crippen LogP contribution in [0.1, 0.15) is 31.7 Å². The molecule has 0 aromatic carbocycles. The fraction of sp³-hybridized carbons (Fsp3) is 0.643. The fourth-order valence-corrected chi connectivity index (χ4v) is 2.48. The van der Waals surface area contributed by atoms with Gasteiger partial charge < -0.3 is 9.88 Å². The van der Waals surface area contributed by atoms with E-state index in [2.05, 4.69) is 35.2 Å². The SMILES string of the molecule is CC(C)CN(CCC#N)C(=O)C1Cc2nc[nH]c2CN1. The zero-order chi connectivity index (χ0) is 14.5. The highest BCUT2D eigenvalue weighted by atomic mass is 16.2. The van der Waals surface area contributed by atoms with Crippen molar-refractivity contribution in [1.29, 1.82) is 5.26 Å². The molecule has 6 nitrogen and oxygen atoms in total. The number of carbonyl (C=O) groups is 1. The average molecular weight is 275 g/mol. The highest BCUT2D eigenvalue weighted by Gasteiger charge is 2.29. The zero-order valence-corrected chi connectivity index (χ0v) is 12.0. The number of imidazole rings is 1. The molecule has 0 fully saturated rings. The quantitative estimate of drug-likeness (QED) is 0.833. The van der Waals surface area contributed by atoms with Crippen molar-refractivity contribution in [1.82, 2.24) is 20.2 Å². The summed E-state index contributed by atoms with van der Waals surface area (Å²) in [5.74, 6) is 0.463. The predicted molar refractivity (Wildman–Crippen MR) is 74.6 cm³/mol. The first kappa shape index (κ1) is 14.5. The molecule has 2 heterocycles. The van der Waals surface area contributed by atoms with Crippen LogP contribution in [-0.2, 0) is 17.8 Å². The van der Waals surface area contributed by atoms with E-state index >= 15 is 0 Å².